The minimum Gasteiger partial charge on any atom is -0.423 e. The Balaban J connectivity index is 2.43. The fraction of sp³-hybridized carbons (Fsp3) is 0.250. The van der Waals surface area contributed by atoms with Crippen LogP contribution in [0.2, 0.25) is 0 Å². The number of anilines is 1. The number of nitrogens with one attached hydrogen (secondary N) is 1. The SMILES string of the molecule is CNc1ccc2c(c1)B(O)OC2. The molecule has 1 heterocycles. The summed E-state index contributed by atoms with van der Waals surface area (Å²) in [5.41, 5.74) is 2.95. The summed E-state index contributed by atoms with van der Waals surface area (Å²) in [4.78, 5) is 0. The lowest BCUT2D eigenvalue weighted by Gasteiger charge is -2.02. The summed E-state index contributed by atoms with van der Waals surface area (Å²) in [6.45, 7) is 0.514. The molecule has 1 aliphatic rings. The predicted molar refractivity (Wildman–Crippen MR) is 48.4 cm³/mol. The van der Waals surface area contributed by atoms with Crippen molar-refractivity contribution < 1.29 is 9.68 Å². The molecule has 0 atom stereocenters. The lowest BCUT2D eigenvalue weighted by molar-refractivity contribution is 0.275. The van der Waals surface area contributed by atoms with Crippen LogP contribution in [-0.4, -0.2) is 19.2 Å². The van der Waals surface area contributed by atoms with E-state index in [1.165, 1.54) is 0 Å². The van der Waals surface area contributed by atoms with E-state index in [1.807, 2.05) is 25.2 Å². The van der Waals surface area contributed by atoms with Crippen molar-refractivity contribution in [3.63, 3.8) is 0 Å². The summed E-state index contributed by atoms with van der Waals surface area (Å²) in [6, 6.07) is 5.85. The molecule has 0 fully saturated rings. The Bertz CT molecular complexity index is 303. The molecule has 62 valence electrons. The first-order chi connectivity index (χ1) is 5.81. The van der Waals surface area contributed by atoms with Gasteiger partial charge in [0.2, 0.25) is 0 Å². The van der Waals surface area contributed by atoms with Crippen molar-refractivity contribution in [1.82, 2.24) is 0 Å². The Labute approximate surface area is 71.5 Å². The summed E-state index contributed by atoms with van der Waals surface area (Å²) < 4.78 is 5.05. The van der Waals surface area contributed by atoms with Crippen molar-refractivity contribution in [2.45, 2.75) is 6.61 Å². The number of hydrogen-bond acceptors (Lipinski definition) is 3. The minimum atomic E-state index is -0.742. The summed E-state index contributed by atoms with van der Waals surface area (Å²) in [7, 11) is 1.11. The Kier molecular flexibility index (Phi) is 1.79. The molecular formula is C8H10BNO2. The Morgan fingerprint density at radius 3 is 3.17 bits per heavy atom. The first kappa shape index (κ1) is 7.64. The lowest BCUT2D eigenvalue weighted by Crippen LogP contribution is -2.28. The van der Waals surface area contributed by atoms with Gasteiger partial charge in [0.25, 0.3) is 0 Å². The monoisotopic (exact) mass is 163 g/mol. The molecule has 0 spiro atoms. The molecule has 2 rings (SSSR count). The zero-order valence-electron chi connectivity index (χ0n) is 6.87. The summed E-state index contributed by atoms with van der Waals surface area (Å²) >= 11 is 0. The third-order valence-corrected chi connectivity index (χ3v) is 2.10. The van der Waals surface area contributed by atoms with Gasteiger partial charge in [-0.25, -0.2) is 0 Å². The van der Waals surface area contributed by atoms with Gasteiger partial charge in [0.05, 0.1) is 6.61 Å². The van der Waals surface area contributed by atoms with E-state index in [9.17, 15) is 5.02 Å². The van der Waals surface area contributed by atoms with Crippen molar-refractivity contribution >= 4 is 18.3 Å². The van der Waals surface area contributed by atoms with Gasteiger partial charge in [0.1, 0.15) is 0 Å². The van der Waals surface area contributed by atoms with Gasteiger partial charge in [0, 0.05) is 12.7 Å². The molecule has 12 heavy (non-hydrogen) atoms. The van der Waals surface area contributed by atoms with E-state index in [0.29, 0.717) is 6.61 Å². The standard InChI is InChI=1S/C8H10BNO2/c1-10-7-3-2-6-5-12-9(11)8(6)4-7/h2-4,10-11H,5H2,1H3. The molecule has 3 nitrogen and oxygen atoms in total. The average molecular weight is 163 g/mol. The van der Waals surface area contributed by atoms with Crippen LogP contribution in [0.5, 0.6) is 0 Å². The fourth-order valence-electron chi connectivity index (χ4n) is 1.37. The van der Waals surface area contributed by atoms with E-state index in [1.54, 1.807) is 0 Å². The molecule has 1 aliphatic heterocycles. The third-order valence-electron chi connectivity index (χ3n) is 2.10. The van der Waals surface area contributed by atoms with Gasteiger partial charge < -0.3 is 15.0 Å². The average Bonchev–Trinajstić information content (AvgIpc) is 2.47. The zero-order valence-corrected chi connectivity index (χ0v) is 6.87. The van der Waals surface area contributed by atoms with E-state index < -0.39 is 7.12 Å². The van der Waals surface area contributed by atoms with Gasteiger partial charge in [0.15, 0.2) is 0 Å². The topological polar surface area (TPSA) is 41.5 Å². The first-order valence-electron chi connectivity index (χ1n) is 3.91. The highest BCUT2D eigenvalue weighted by molar-refractivity contribution is 6.61. The van der Waals surface area contributed by atoms with Crippen LogP contribution in [0, 0.1) is 0 Å². The van der Waals surface area contributed by atoms with E-state index in [0.717, 1.165) is 16.7 Å². The van der Waals surface area contributed by atoms with Crippen LogP contribution in [0.4, 0.5) is 5.69 Å². The van der Waals surface area contributed by atoms with Crippen LogP contribution < -0.4 is 10.8 Å². The maximum absolute atomic E-state index is 9.35. The Hall–Kier alpha value is -0.995. The molecule has 1 aromatic carbocycles. The maximum Gasteiger partial charge on any atom is 0.491 e. The quantitative estimate of drug-likeness (QED) is 0.570. The first-order valence-corrected chi connectivity index (χ1v) is 3.91. The normalized spacial score (nSPS) is 14.7. The van der Waals surface area contributed by atoms with Crippen molar-refractivity contribution in [3.05, 3.63) is 23.8 Å². The van der Waals surface area contributed by atoms with Crippen LogP contribution in [0.25, 0.3) is 0 Å². The minimum absolute atomic E-state index is 0.514. The van der Waals surface area contributed by atoms with E-state index in [4.69, 9.17) is 4.65 Å². The van der Waals surface area contributed by atoms with Crippen LogP contribution in [0.15, 0.2) is 18.2 Å². The van der Waals surface area contributed by atoms with Crippen LogP contribution >= 0.6 is 0 Å². The van der Waals surface area contributed by atoms with Gasteiger partial charge in [-0.05, 0) is 23.2 Å². The summed E-state index contributed by atoms with van der Waals surface area (Å²) in [6.07, 6.45) is 0. The Morgan fingerprint density at radius 1 is 1.58 bits per heavy atom. The number of rotatable bonds is 1. The molecule has 2 N–H and O–H groups in total. The molecule has 0 aromatic heterocycles. The molecular weight excluding hydrogens is 153 g/mol. The highest BCUT2D eigenvalue weighted by Gasteiger charge is 2.26. The second-order valence-electron chi connectivity index (χ2n) is 2.83. The highest BCUT2D eigenvalue weighted by Crippen LogP contribution is 2.13. The molecule has 4 heteroatoms. The predicted octanol–water partition coefficient (Wildman–Crippen LogP) is -0.0540. The largest absolute Gasteiger partial charge is 0.491 e. The van der Waals surface area contributed by atoms with E-state index in [-0.39, 0.29) is 0 Å². The smallest absolute Gasteiger partial charge is 0.423 e. The van der Waals surface area contributed by atoms with Gasteiger partial charge in [-0.1, -0.05) is 6.07 Å². The van der Waals surface area contributed by atoms with Crippen LogP contribution in [-0.2, 0) is 11.3 Å². The molecule has 0 unspecified atom stereocenters. The number of hydrogen-bond donors (Lipinski definition) is 2. The van der Waals surface area contributed by atoms with Gasteiger partial charge in [-0.15, -0.1) is 0 Å². The van der Waals surface area contributed by atoms with Gasteiger partial charge in [-0.3, -0.25) is 0 Å². The molecule has 0 saturated carbocycles. The Morgan fingerprint density at radius 2 is 2.42 bits per heavy atom. The molecule has 0 bridgehead atoms. The summed E-state index contributed by atoms with van der Waals surface area (Å²) in [5, 5.41) is 12.4. The van der Waals surface area contributed by atoms with Crippen LogP contribution in [0.3, 0.4) is 0 Å². The van der Waals surface area contributed by atoms with E-state index >= 15 is 0 Å². The number of benzene rings is 1. The van der Waals surface area contributed by atoms with Crippen molar-refractivity contribution in [1.29, 1.82) is 0 Å². The van der Waals surface area contributed by atoms with Crippen LogP contribution in [0.1, 0.15) is 5.56 Å². The fourth-order valence-corrected chi connectivity index (χ4v) is 1.37. The molecule has 0 amide bonds. The zero-order chi connectivity index (χ0) is 8.55. The summed E-state index contributed by atoms with van der Waals surface area (Å²) in [5.74, 6) is 0. The van der Waals surface area contributed by atoms with Crippen molar-refractivity contribution in [2.75, 3.05) is 12.4 Å². The second kappa shape index (κ2) is 2.81. The molecule has 1 aromatic rings. The lowest BCUT2D eigenvalue weighted by atomic mass is 9.79. The molecule has 0 aliphatic carbocycles. The molecule has 0 saturated heterocycles. The maximum atomic E-state index is 9.35. The second-order valence-corrected chi connectivity index (χ2v) is 2.83. The van der Waals surface area contributed by atoms with Crippen molar-refractivity contribution in [3.8, 4) is 0 Å². The van der Waals surface area contributed by atoms with Gasteiger partial charge in [-0.2, -0.15) is 0 Å². The van der Waals surface area contributed by atoms with Crippen molar-refractivity contribution in [2.24, 2.45) is 0 Å². The molecule has 0 radical (unpaired) electrons. The number of fused-ring (bicyclic) bond motifs is 1. The highest BCUT2D eigenvalue weighted by atomic mass is 16.5. The third kappa shape index (κ3) is 1.09. The van der Waals surface area contributed by atoms with Gasteiger partial charge >= 0.3 is 7.12 Å². The van der Waals surface area contributed by atoms with E-state index in [2.05, 4.69) is 5.32 Å².